The van der Waals surface area contributed by atoms with Crippen LogP contribution in [0, 0.1) is 0 Å². The van der Waals surface area contributed by atoms with E-state index < -0.39 is 0 Å². The second kappa shape index (κ2) is 5.75. The normalized spacial score (nSPS) is 14.6. The van der Waals surface area contributed by atoms with Gasteiger partial charge >= 0.3 is 0 Å². The molecule has 0 aromatic heterocycles. The van der Waals surface area contributed by atoms with Gasteiger partial charge in [0.05, 0.1) is 0 Å². The lowest BCUT2D eigenvalue weighted by molar-refractivity contribution is 0.711. The van der Waals surface area contributed by atoms with Crippen molar-refractivity contribution in [2.45, 2.75) is 12.8 Å². The summed E-state index contributed by atoms with van der Waals surface area (Å²) in [6.45, 7) is 2.06. The quantitative estimate of drug-likeness (QED) is 0.678. The van der Waals surface area contributed by atoms with Gasteiger partial charge in [-0.2, -0.15) is 0 Å². The highest BCUT2D eigenvalue weighted by Gasteiger charge is 2.17. The summed E-state index contributed by atoms with van der Waals surface area (Å²) >= 11 is 6.63. The Morgan fingerprint density at radius 3 is 2.59 bits per heavy atom. The zero-order chi connectivity index (χ0) is 14.9. The lowest BCUT2D eigenvalue weighted by Gasteiger charge is -2.16. The first kappa shape index (κ1) is 13.8. The third kappa shape index (κ3) is 2.31. The van der Waals surface area contributed by atoms with Gasteiger partial charge in [0.1, 0.15) is 0 Å². The highest BCUT2D eigenvalue weighted by atomic mass is 35.5. The molecule has 1 N–H and O–H groups in total. The van der Waals surface area contributed by atoms with Crippen LogP contribution in [0.15, 0.2) is 54.6 Å². The molecule has 22 heavy (non-hydrogen) atoms. The van der Waals surface area contributed by atoms with Gasteiger partial charge in [-0.25, -0.2) is 0 Å². The van der Waals surface area contributed by atoms with Gasteiger partial charge in [0, 0.05) is 10.6 Å². The summed E-state index contributed by atoms with van der Waals surface area (Å²) in [6.07, 6.45) is 2.11. The highest BCUT2D eigenvalue weighted by molar-refractivity contribution is 6.34. The van der Waals surface area contributed by atoms with E-state index in [0.717, 1.165) is 31.0 Å². The highest BCUT2D eigenvalue weighted by Crippen LogP contribution is 2.38. The van der Waals surface area contributed by atoms with Crippen molar-refractivity contribution >= 4 is 22.4 Å². The molecule has 3 aromatic rings. The standard InChI is InChI=1S/C20H18ClN/c21-19-9-8-15-10-12-22-13-11-17(15)20(19)18-7-3-5-14-4-1-2-6-16(14)18/h1-9,22H,10-13H2. The molecule has 0 fully saturated rings. The predicted molar refractivity (Wildman–Crippen MR) is 94.7 cm³/mol. The third-order valence-corrected chi connectivity index (χ3v) is 4.86. The molecule has 1 aliphatic rings. The topological polar surface area (TPSA) is 12.0 Å². The van der Waals surface area contributed by atoms with Crippen LogP contribution < -0.4 is 5.32 Å². The molecule has 110 valence electrons. The zero-order valence-corrected chi connectivity index (χ0v) is 13.2. The molecule has 0 unspecified atom stereocenters. The van der Waals surface area contributed by atoms with Gasteiger partial charge in [0.2, 0.25) is 0 Å². The largest absolute Gasteiger partial charge is 0.316 e. The Kier molecular flexibility index (Phi) is 3.61. The van der Waals surface area contributed by atoms with Crippen molar-refractivity contribution in [1.82, 2.24) is 5.32 Å². The molecule has 2 heteroatoms. The Hall–Kier alpha value is -1.83. The summed E-state index contributed by atoms with van der Waals surface area (Å²) in [7, 11) is 0. The van der Waals surface area contributed by atoms with E-state index in [-0.39, 0.29) is 0 Å². The number of halogens is 1. The summed E-state index contributed by atoms with van der Waals surface area (Å²) < 4.78 is 0. The van der Waals surface area contributed by atoms with Crippen LogP contribution in [-0.4, -0.2) is 13.1 Å². The van der Waals surface area contributed by atoms with Crippen LogP contribution in [0.4, 0.5) is 0 Å². The molecular weight excluding hydrogens is 290 g/mol. The smallest absolute Gasteiger partial charge is 0.0487 e. The predicted octanol–water partition coefficient (Wildman–Crippen LogP) is 4.85. The molecule has 0 radical (unpaired) electrons. The van der Waals surface area contributed by atoms with Crippen molar-refractivity contribution < 1.29 is 0 Å². The Morgan fingerprint density at radius 1 is 0.818 bits per heavy atom. The minimum Gasteiger partial charge on any atom is -0.316 e. The van der Waals surface area contributed by atoms with Crippen LogP contribution in [0.3, 0.4) is 0 Å². The van der Waals surface area contributed by atoms with Crippen LogP contribution in [0.2, 0.25) is 5.02 Å². The van der Waals surface area contributed by atoms with Crippen molar-refractivity contribution in [2.24, 2.45) is 0 Å². The molecule has 0 bridgehead atoms. The molecule has 0 amide bonds. The number of hydrogen-bond donors (Lipinski definition) is 1. The molecule has 0 saturated heterocycles. The SMILES string of the molecule is Clc1ccc2c(c1-c1cccc3ccccc13)CCNCC2. The Balaban J connectivity index is 2.02. The fraction of sp³-hybridized carbons (Fsp3) is 0.200. The lowest BCUT2D eigenvalue weighted by atomic mass is 9.90. The second-order valence-corrected chi connectivity index (χ2v) is 6.24. The second-order valence-electron chi connectivity index (χ2n) is 5.84. The maximum Gasteiger partial charge on any atom is 0.0487 e. The number of rotatable bonds is 1. The summed E-state index contributed by atoms with van der Waals surface area (Å²) in [5.41, 5.74) is 5.31. The fourth-order valence-electron chi connectivity index (χ4n) is 3.48. The van der Waals surface area contributed by atoms with E-state index in [2.05, 4.69) is 59.9 Å². The van der Waals surface area contributed by atoms with Gasteiger partial charge in [-0.05, 0) is 59.5 Å². The first-order valence-electron chi connectivity index (χ1n) is 7.84. The van der Waals surface area contributed by atoms with E-state index >= 15 is 0 Å². The van der Waals surface area contributed by atoms with Crippen LogP contribution in [0.5, 0.6) is 0 Å². The van der Waals surface area contributed by atoms with E-state index in [4.69, 9.17) is 11.6 Å². The van der Waals surface area contributed by atoms with Crippen molar-refractivity contribution in [3.05, 3.63) is 70.7 Å². The van der Waals surface area contributed by atoms with Gasteiger partial charge in [0.25, 0.3) is 0 Å². The van der Waals surface area contributed by atoms with Crippen LogP contribution in [0.25, 0.3) is 21.9 Å². The van der Waals surface area contributed by atoms with E-state index in [0.29, 0.717) is 0 Å². The molecule has 1 aliphatic heterocycles. The van der Waals surface area contributed by atoms with Crippen molar-refractivity contribution in [1.29, 1.82) is 0 Å². The molecule has 3 aromatic carbocycles. The summed E-state index contributed by atoms with van der Waals surface area (Å²) in [5.74, 6) is 0. The van der Waals surface area contributed by atoms with Gasteiger partial charge in [-0.3, -0.25) is 0 Å². The van der Waals surface area contributed by atoms with Crippen LogP contribution >= 0.6 is 11.6 Å². The number of benzene rings is 3. The summed E-state index contributed by atoms with van der Waals surface area (Å²) in [6, 6.07) is 19.3. The molecule has 1 heterocycles. The van der Waals surface area contributed by atoms with Crippen LogP contribution in [-0.2, 0) is 12.8 Å². The van der Waals surface area contributed by atoms with E-state index in [1.807, 2.05) is 0 Å². The number of nitrogens with one attached hydrogen (secondary N) is 1. The minimum atomic E-state index is 0.858. The molecule has 4 rings (SSSR count). The Labute approximate surface area is 135 Å². The zero-order valence-electron chi connectivity index (χ0n) is 12.4. The molecule has 0 spiro atoms. The maximum absolute atomic E-state index is 6.63. The first-order valence-corrected chi connectivity index (χ1v) is 8.21. The molecule has 1 nitrogen and oxygen atoms in total. The van der Waals surface area contributed by atoms with Gasteiger partial charge < -0.3 is 5.32 Å². The third-order valence-electron chi connectivity index (χ3n) is 4.54. The average molecular weight is 308 g/mol. The fourth-order valence-corrected chi connectivity index (χ4v) is 3.76. The molecular formula is C20H18ClN. The number of hydrogen-bond acceptors (Lipinski definition) is 1. The molecule has 0 saturated carbocycles. The summed E-state index contributed by atoms with van der Waals surface area (Å²) in [4.78, 5) is 0. The van der Waals surface area contributed by atoms with Crippen molar-refractivity contribution in [2.75, 3.05) is 13.1 Å². The minimum absolute atomic E-state index is 0.858. The summed E-state index contributed by atoms with van der Waals surface area (Å²) in [5, 5.41) is 6.88. The van der Waals surface area contributed by atoms with Crippen molar-refractivity contribution in [3.8, 4) is 11.1 Å². The van der Waals surface area contributed by atoms with Gasteiger partial charge in [-0.15, -0.1) is 0 Å². The van der Waals surface area contributed by atoms with Crippen molar-refractivity contribution in [3.63, 3.8) is 0 Å². The molecule has 0 atom stereocenters. The van der Waals surface area contributed by atoms with Crippen LogP contribution in [0.1, 0.15) is 11.1 Å². The Bertz CT molecular complexity index is 833. The van der Waals surface area contributed by atoms with E-state index in [1.54, 1.807) is 0 Å². The average Bonchev–Trinajstić information content (AvgIpc) is 2.80. The van der Waals surface area contributed by atoms with Gasteiger partial charge in [0.15, 0.2) is 0 Å². The van der Waals surface area contributed by atoms with E-state index in [9.17, 15) is 0 Å². The lowest BCUT2D eigenvalue weighted by Crippen LogP contribution is -2.16. The maximum atomic E-state index is 6.63. The first-order chi connectivity index (χ1) is 10.8. The van der Waals surface area contributed by atoms with Gasteiger partial charge in [-0.1, -0.05) is 60.1 Å². The Morgan fingerprint density at radius 2 is 1.64 bits per heavy atom. The van der Waals surface area contributed by atoms with E-state index in [1.165, 1.54) is 33.0 Å². The molecule has 0 aliphatic carbocycles. The number of fused-ring (bicyclic) bond motifs is 2. The monoisotopic (exact) mass is 307 g/mol.